The van der Waals surface area contributed by atoms with Crippen molar-refractivity contribution in [3.8, 4) is 0 Å². The molecule has 0 spiro atoms. The molecule has 7 nitrogen and oxygen atoms in total. The van der Waals surface area contributed by atoms with Crippen molar-refractivity contribution in [3.63, 3.8) is 0 Å². The van der Waals surface area contributed by atoms with Crippen molar-refractivity contribution in [2.24, 2.45) is 5.92 Å². The lowest BCUT2D eigenvalue weighted by Gasteiger charge is -2.36. The molecule has 1 saturated carbocycles. The Morgan fingerprint density at radius 2 is 1.24 bits per heavy atom. The summed E-state index contributed by atoms with van der Waals surface area (Å²) in [6.07, 6.45) is 28.4. The van der Waals surface area contributed by atoms with E-state index in [9.17, 15) is 14.7 Å². The van der Waals surface area contributed by atoms with Crippen molar-refractivity contribution in [2.45, 2.75) is 180 Å². The van der Waals surface area contributed by atoms with Crippen LogP contribution >= 0.6 is 0 Å². The van der Waals surface area contributed by atoms with Gasteiger partial charge in [-0.15, -0.1) is 0 Å². The number of hydrogen-bond acceptors (Lipinski definition) is 6. The van der Waals surface area contributed by atoms with Gasteiger partial charge in [0, 0.05) is 38.5 Å². The van der Waals surface area contributed by atoms with Crippen LogP contribution in [0.2, 0.25) is 0 Å². The molecular weight excluding hydrogens is 564 g/mol. The standard InChI is InChI=1S/C38H74N2O5/c1-3-5-7-9-10-15-23-35(22-14-8-6-4-2)34-45-38(44)27-19-13-21-29-40(36-24-16-11-17-25-36)31-30-39(32-33-41)28-20-12-18-26-37(42)43/h35-36,41H,3-34H2,1-2H3,(H,42,43). The van der Waals surface area contributed by atoms with Gasteiger partial charge < -0.3 is 14.9 Å². The second-order valence-electron chi connectivity index (χ2n) is 13.9. The molecule has 0 heterocycles. The van der Waals surface area contributed by atoms with E-state index in [-0.39, 0.29) is 19.0 Å². The Labute approximate surface area is 278 Å². The maximum atomic E-state index is 12.6. The minimum atomic E-state index is -0.720. The summed E-state index contributed by atoms with van der Waals surface area (Å²) in [6, 6.07) is 0.649. The Bertz CT molecular complexity index is 685. The number of carboxylic acids is 1. The van der Waals surface area contributed by atoms with Crippen molar-refractivity contribution < 1.29 is 24.5 Å². The molecule has 0 radical (unpaired) electrons. The summed E-state index contributed by atoms with van der Waals surface area (Å²) in [5, 5.41) is 18.5. The minimum absolute atomic E-state index is 0.0105. The molecule has 266 valence electrons. The minimum Gasteiger partial charge on any atom is -0.481 e. The van der Waals surface area contributed by atoms with Crippen LogP contribution < -0.4 is 0 Å². The molecule has 0 aromatic rings. The van der Waals surface area contributed by atoms with Crippen LogP contribution in [0.3, 0.4) is 0 Å². The number of aliphatic hydroxyl groups excluding tert-OH is 1. The van der Waals surface area contributed by atoms with Gasteiger partial charge in [-0.1, -0.05) is 110 Å². The van der Waals surface area contributed by atoms with E-state index in [4.69, 9.17) is 9.84 Å². The number of unbranched alkanes of at least 4 members (excludes halogenated alkanes) is 12. The lowest BCUT2D eigenvalue weighted by Crippen LogP contribution is -2.43. The summed E-state index contributed by atoms with van der Waals surface area (Å²) in [6.45, 7) is 9.92. The number of aliphatic carboxylic acids is 1. The van der Waals surface area contributed by atoms with Gasteiger partial charge in [0.2, 0.25) is 0 Å². The highest BCUT2D eigenvalue weighted by Crippen LogP contribution is 2.24. The Kier molecular flexibility index (Phi) is 28.1. The van der Waals surface area contributed by atoms with E-state index < -0.39 is 5.97 Å². The summed E-state index contributed by atoms with van der Waals surface area (Å²) < 4.78 is 5.82. The van der Waals surface area contributed by atoms with Crippen LogP contribution in [0, 0.1) is 5.92 Å². The number of carbonyl (C=O) groups excluding carboxylic acids is 1. The first kappa shape index (κ1) is 41.8. The summed E-state index contributed by atoms with van der Waals surface area (Å²) in [7, 11) is 0. The Balaban J connectivity index is 2.39. The largest absolute Gasteiger partial charge is 0.481 e. The normalized spacial score (nSPS) is 14.8. The molecule has 1 atom stereocenters. The fourth-order valence-electron chi connectivity index (χ4n) is 6.89. The topological polar surface area (TPSA) is 90.3 Å². The van der Waals surface area contributed by atoms with Gasteiger partial charge in [-0.3, -0.25) is 19.4 Å². The van der Waals surface area contributed by atoms with Gasteiger partial charge in [0.15, 0.2) is 0 Å². The lowest BCUT2D eigenvalue weighted by molar-refractivity contribution is -0.145. The van der Waals surface area contributed by atoms with Gasteiger partial charge in [-0.05, 0) is 70.4 Å². The van der Waals surface area contributed by atoms with Gasteiger partial charge >= 0.3 is 11.9 Å². The van der Waals surface area contributed by atoms with Crippen LogP contribution in [0.4, 0.5) is 0 Å². The first-order valence-electron chi connectivity index (χ1n) is 19.4. The Hall–Kier alpha value is -1.18. The smallest absolute Gasteiger partial charge is 0.305 e. The maximum Gasteiger partial charge on any atom is 0.305 e. The third kappa shape index (κ3) is 24.6. The van der Waals surface area contributed by atoms with E-state index in [1.54, 1.807) is 0 Å². The first-order valence-corrected chi connectivity index (χ1v) is 19.4. The molecule has 0 amide bonds. The fraction of sp³-hybridized carbons (Fsp3) is 0.947. The zero-order chi connectivity index (χ0) is 32.8. The van der Waals surface area contributed by atoms with Gasteiger partial charge in [0.25, 0.3) is 0 Å². The third-order valence-electron chi connectivity index (χ3n) is 9.81. The Morgan fingerprint density at radius 1 is 0.667 bits per heavy atom. The van der Waals surface area contributed by atoms with Crippen molar-refractivity contribution in [2.75, 3.05) is 45.9 Å². The van der Waals surface area contributed by atoms with Crippen molar-refractivity contribution in [1.29, 1.82) is 0 Å². The summed E-state index contributed by atoms with van der Waals surface area (Å²) in [5.41, 5.74) is 0. The molecule has 0 aromatic heterocycles. The van der Waals surface area contributed by atoms with Gasteiger partial charge in [0.05, 0.1) is 13.2 Å². The zero-order valence-corrected chi connectivity index (χ0v) is 29.8. The summed E-state index contributed by atoms with van der Waals surface area (Å²) >= 11 is 0. The van der Waals surface area contributed by atoms with E-state index in [2.05, 4.69) is 23.6 Å². The van der Waals surface area contributed by atoms with Gasteiger partial charge in [-0.2, -0.15) is 0 Å². The number of carboxylic acid groups (broad SMARTS) is 1. The maximum absolute atomic E-state index is 12.6. The Morgan fingerprint density at radius 3 is 1.89 bits per heavy atom. The molecule has 1 aliphatic carbocycles. The van der Waals surface area contributed by atoms with Crippen LogP contribution in [-0.2, 0) is 14.3 Å². The van der Waals surface area contributed by atoms with E-state index in [0.717, 1.165) is 64.7 Å². The third-order valence-corrected chi connectivity index (χ3v) is 9.81. The van der Waals surface area contributed by atoms with Crippen LogP contribution in [0.5, 0.6) is 0 Å². The predicted molar refractivity (Wildman–Crippen MR) is 188 cm³/mol. The molecule has 2 N–H and O–H groups in total. The highest BCUT2D eigenvalue weighted by atomic mass is 16.5. The molecule has 7 heteroatoms. The number of rotatable bonds is 32. The molecule has 0 aliphatic heterocycles. The molecule has 1 unspecified atom stereocenters. The summed E-state index contributed by atoms with van der Waals surface area (Å²) in [5.74, 6) is -0.206. The number of esters is 1. The monoisotopic (exact) mass is 639 g/mol. The quantitative estimate of drug-likeness (QED) is 0.0561. The number of carbonyl (C=O) groups is 2. The average Bonchev–Trinajstić information content (AvgIpc) is 3.04. The van der Waals surface area contributed by atoms with Crippen LogP contribution in [0.1, 0.15) is 174 Å². The number of aliphatic hydroxyl groups is 1. The van der Waals surface area contributed by atoms with E-state index in [1.807, 2.05) is 0 Å². The van der Waals surface area contributed by atoms with Crippen molar-refractivity contribution in [1.82, 2.24) is 9.80 Å². The number of hydrogen-bond donors (Lipinski definition) is 2. The molecule has 45 heavy (non-hydrogen) atoms. The molecule has 1 rings (SSSR count). The van der Waals surface area contributed by atoms with Crippen LogP contribution in [0.25, 0.3) is 0 Å². The van der Waals surface area contributed by atoms with Crippen molar-refractivity contribution in [3.05, 3.63) is 0 Å². The van der Waals surface area contributed by atoms with E-state index in [1.165, 1.54) is 109 Å². The summed E-state index contributed by atoms with van der Waals surface area (Å²) in [4.78, 5) is 28.4. The number of nitrogens with zero attached hydrogens (tertiary/aromatic N) is 2. The van der Waals surface area contributed by atoms with E-state index in [0.29, 0.717) is 31.5 Å². The fourth-order valence-corrected chi connectivity index (χ4v) is 6.89. The second-order valence-corrected chi connectivity index (χ2v) is 13.9. The molecule has 1 fully saturated rings. The zero-order valence-electron chi connectivity index (χ0n) is 29.8. The molecule has 1 aliphatic rings. The average molecular weight is 639 g/mol. The van der Waals surface area contributed by atoms with Crippen molar-refractivity contribution >= 4 is 11.9 Å². The second kappa shape index (κ2) is 30.2. The first-order chi connectivity index (χ1) is 22.0. The number of ether oxygens (including phenoxy) is 1. The molecule has 0 aromatic carbocycles. The lowest BCUT2D eigenvalue weighted by atomic mass is 9.94. The SMILES string of the molecule is CCCCCCCCC(CCCCCC)COC(=O)CCCCCN(CCN(CCO)CCCCCC(=O)O)C1CCCCC1. The molecule has 0 bridgehead atoms. The molecular formula is C38H74N2O5. The van der Waals surface area contributed by atoms with Crippen LogP contribution in [-0.4, -0.2) is 83.9 Å². The predicted octanol–water partition coefficient (Wildman–Crippen LogP) is 9.00. The van der Waals surface area contributed by atoms with Gasteiger partial charge in [0.1, 0.15) is 0 Å². The highest BCUT2D eigenvalue weighted by Gasteiger charge is 2.21. The van der Waals surface area contributed by atoms with Gasteiger partial charge in [-0.25, -0.2) is 0 Å². The van der Waals surface area contributed by atoms with Crippen LogP contribution in [0.15, 0.2) is 0 Å². The molecule has 0 saturated heterocycles. The van der Waals surface area contributed by atoms with E-state index >= 15 is 0 Å². The highest BCUT2D eigenvalue weighted by molar-refractivity contribution is 5.69.